The van der Waals surface area contributed by atoms with Gasteiger partial charge in [-0.2, -0.15) is 0 Å². The number of amides is 1. The third-order valence-electron chi connectivity index (χ3n) is 2.73. The van der Waals surface area contributed by atoms with E-state index in [0.29, 0.717) is 5.69 Å². The van der Waals surface area contributed by atoms with Crippen molar-refractivity contribution >= 4 is 5.91 Å². The highest BCUT2D eigenvalue weighted by Gasteiger charge is 2.23. The standard InChI is InChI=1S/C13H14FN3O/c1-13(2,9-3-5-10(14)6-4-9)17-12(18)11-7-15-8-16-11/h3-8H,1-2H3,(H,15,16)(H,17,18). The van der Waals surface area contributed by atoms with Crippen LogP contribution in [0.2, 0.25) is 0 Å². The molecule has 0 saturated heterocycles. The Labute approximate surface area is 104 Å². The van der Waals surface area contributed by atoms with Gasteiger partial charge in [-0.25, -0.2) is 9.37 Å². The van der Waals surface area contributed by atoms with Crippen molar-refractivity contribution in [1.82, 2.24) is 15.3 Å². The number of carbonyl (C=O) groups excluding carboxylic acids is 1. The van der Waals surface area contributed by atoms with Gasteiger partial charge in [0.25, 0.3) is 5.91 Å². The molecule has 4 nitrogen and oxygen atoms in total. The third kappa shape index (κ3) is 2.56. The Morgan fingerprint density at radius 3 is 2.56 bits per heavy atom. The summed E-state index contributed by atoms with van der Waals surface area (Å²) in [5.41, 5.74) is 0.637. The first kappa shape index (κ1) is 12.3. The number of imidazole rings is 1. The Morgan fingerprint density at radius 2 is 2.00 bits per heavy atom. The summed E-state index contributed by atoms with van der Waals surface area (Å²) in [6.45, 7) is 3.71. The molecule has 0 fully saturated rings. The van der Waals surface area contributed by atoms with Crippen LogP contribution >= 0.6 is 0 Å². The molecule has 1 amide bonds. The minimum absolute atomic E-state index is 0.248. The predicted molar refractivity (Wildman–Crippen MR) is 65.5 cm³/mol. The van der Waals surface area contributed by atoms with Crippen LogP contribution in [-0.4, -0.2) is 15.9 Å². The maximum Gasteiger partial charge on any atom is 0.270 e. The molecule has 2 rings (SSSR count). The molecule has 1 aromatic heterocycles. The van der Waals surface area contributed by atoms with Gasteiger partial charge in [0.15, 0.2) is 0 Å². The molecule has 0 spiro atoms. The van der Waals surface area contributed by atoms with E-state index in [2.05, 4.69) is 15.3 Å². The molecule has 0 aliphatic rings. The lowest BCUT2D eigenvalue weighted by Gasteiger charge is -2.26. The van der Waals surface area contributed by atoms with Gasteiger partial charge in [-0.05, 0) is 31.5 Å². The lowest BCUT2D eigenvalue weighted by Crippen LogP contribution is -2.41. The first-order chi connectivity index (χ1) is 8.49. The van der Waals surface area contributed by atoms with Gasteiger partial charge in [-0.1, -0.05) is 12.1 Å². The first-order valence-electron chi connectivity index (χ1n) is 5.56. The van der Waals surface area contributed by atoms with Crippen LogP contribution in [0, 0.1) is 5.82 Å². The lowest BCUT2D eigenvalue weighted by molar-refractivity contribution is 0.0907. The number of hydrogen-bond acceptors (Lipinski definition) is 2. The Hall–Kier alpha value is -2.17. The second kappa shape index (κ2) is 4.60. The molecular formula is C13H14FN3O. The normalized spacial score (nSPS) is 11.3. The van der Waals surface area contributed by atoms with Crippen LogP contribution in [-0.2, 0) is 5.54 Å². The zero-order chi connectivity index (χ0) is 13.2. The Balaban J connectivity index is 2.16. The minimum atomic E-state index is -0.587. The largest absolute Gasteiger partial charge is 0.342 e. The summed E-state index contributed by atoms with van der Waals surface area (Å²) in [6.07, 6.45) is 2.90. The van der Waals surface area contributed by atoms with Crippen LogP contribution in [0.4, 0.5) is 4.39 Å². The van der Waals surface area contributed by atoms with Gasteiger partial charge in [0, 0.05) is 0 Å². The number of aromatic nitrogens is 2. The summed E-state index contributed by atoms with van der Waals surface area (Å²) in [5.74, 6) is -0.545. The first-order valence-corrected chi connectivity index (χ1v) is 5.56. The molecule has 2 N–H and O–H groups in total. The van der Waals surface area contributed by atoms with E-state index in [1.165, 1.54) is 24.7 Å². The quantitative estimate of drug-likeness (QED) is 0.873. The number of nitrogens with one attached hydrogen (secondary N) is 2. The van der Waals surface area contributed by atoms with E-state index in [1.54, 1.807) is 12.1 Å². The van der Waals surface area contributed by atoms with Crippen LogP contribution in [0.3, 0.4) is 0 Å². The number of benzene rings is 1. The van der Waals surface area contributed by atoms with Gasteiger partial charge in [0.2, 0.25) is 0 Å². The van der Waals surface area contributed by atoms with Gasteiger partial charge in [0.05, 0.1) is 18.1 Å². The van der Waals surface area contributed by atoms with Gasteiger partial charge in [-0.15, -0.1) is 0 Å². The number of halogens is 1. The Morgan fingerprint density at radius 1 is 1.33 bits per heavy atom. The molecule has 5 heteroatoms. The third-order valence-corrected chi connectivity index (χ3v) is 2.73. The van der Waals surface area contributed by atoms with E-state index in [4.69, 9.17) is 0 Å². The summed E-state index contributed by atoms with van der Waals surface area (Å²) >= 11 is 0. The monoisotopic (exact) mass is 247 g/mol. The fourth-order valence-electron chi connectivity index (χ4n) is 1.67. The van der Waals surface area contributed by atoms with E-state index >= 15 is 0 Å². The number of aromatic amines is 1. The molecule has 18 heavy (non-hydrogen) atoms. The number of carbonyl (C=O) groups is 1. The van der Waals surface area contributed by atoms with Crippen LogP contribution in [0.15, 0.2) is 36.8 Å². The second-order valence-corrected chi connectivity index (χ2v) is 4.55. The van der Waals surface area contributed by atoms with Crippen molar-refractivity contribution in [2.24, 2.45) is 0 Å². The van der Waals surface area contributed by atoms with E-state index in [1.807, 2.05) is 13.8 Å². The summed E-state index contributed by atoms with van der Waals surface area (Å²) < 4.78 is 12.9. The summed E-state index contributed by atoms with van der Waals surface area (Å²) in [7, 11) is 0. The van der Waals surface area contributed by atoms with Crippen molar-refractivity contribution in [2.45, 2.75) is 19.4 Å². The molecule has 2 aromatic rings. The van der Waals surface area contributed by atoms with E-state index in [0.717, 1.165) is 5.56 Å². The van der Waals surface area contributed by atoms with E-state index in [9.17, 15) is 9.18 Å². The molecule has 0 atom stereocenters. The predicted octanol–water partition coefficient (Wildman–Crippen LogP) is 2.21. The smallest absolute Gasteiger partial charge is 0.270 e. The molecule has 0 aliphatic carbocycles. The molecule has 0 aliphatic heterocycles. The number of rotatable bonds is 3. The number of hydrogen-bond donors (Lipinski definition) is 2. The van der Waals surface area contributed by atoms with Crippen molar-refractivity contribution in [1.29, 1.82) is 0 Å². The molecule has 94 valence electrons. The second-order valence-electron chi connectivity index (χ2n) is 4.55. The Bertz CT molecular complexity index is 532. The fraction of sp³-hybridized carbons (Fsp3) is 0.231. The minimum Gasteiger partial charge on any atom is -0.342 e. The molecule has 0 radical (unpaired) electrons. The number of H-pyrrole nitrogens is 1. The van der Waals surface area contributed by atoms with Crippen LogP contribution in [0.25, 0.3) is 0 Å². The average Bonchev–Trinajstić information content (AvgIpc) is 2.82. The zero-order valence-electron chi connectivity index (χ0n) is 10.2. The van der Waals surface area contributed by atoms with Crippen molar-refractivity contribution in [3.05, 3.63) is 53.9 Å². The highest BCUT2D eigenvalue weighted by Crippen LogP contribution is 2.20. The van der Waals surface area contributed by atoms with Crippen LogP contribution in [0.1, 0.15) is 29.9 Å². The van der Waals surface area contributed by atoms with Gasteiger partial charge < -0.3 is 10.3 Å². The maximum absolute atomic E-state index is 12.9. The van der Waals surface area contributed by atoms with E-state index in [-0.39, 0.29) is 11.7 Å². The summed E-state index contributed by atoms with van der Waals surface area (Å²) in [5, 5.41) is 2.86. The fourth-order valence-corrected chi connectivity index (χ4v) is 1.67. The molecule has 0 unspecified atom stereocenters. The zero-order valence-corrected chi connectivity index (χ0v) is 10.2. The molecule has 0 bridgehead atoms. The average molecular weight is 247 g/mol. The molecule has 1 aromatic carbocycles. The van der Waals surface area contributed by atoms with Crippen LogP contribution < -0.4 is 5.32 Å². The lowest BCUT2D eigenvalue weighted by atomic mass is 9.94. The highest BCUT2D eigenvalue weighted by atomic mass is 19.1. The van der Waals surface area contributed by atoms with E-state index < -0.39 is 5.54 Å². The van der Waals surface area contributed by atoms with Crippen molar-refractivity contribution < 1.29 is 9.18 Å². The molecular weight excluding hydrogens is 233 g/mol. The van der Waals surface area contributed by atoms with Crippen molar-refractivity contribution in [2.75, 3.05) is 0 Å². The van der Waals surface area contributed by atoms with Gasteiger partial charge >= 0.3 is 0 Å². The SMILES string of the molecule is CC(C)(NC(=O)c1cnc[nH]1)c1ccc(F)cc1. The van der Waals surface area contributed by atoms with Gasteiger partial charge in [-0.3, -0.25) is 4.79 Å². The summed E-state index contributed by atoms with van der Waals surface area (Å²) in [4.78, 5) is 18.4. The van der Waals surface area contributed by atoms with Crippen LogP contribution in [0.5, 0.6) is 0 Å². The maximum atomic E-state index is 12.9. The number of nitrogens with zero attached hydrogens (tertiary/aromatic N) is 1. The van der Waals surface area contributed by atoms with Gasteiger partial charge in [0.1, 0.15) is 11.5 Å². The molecule has 1 heterocycles. The highest BCUT2D eigenvalue weighted by molar-refractivity contribution is 5.92. The summed E-state index contributed by atoms with van der Waals surface area (Å²) in [6, 6.07) is 6.06. The Kier molecular flexibility index (Phi) is 3.14. The van der Waals surface area contributed by atoms with Crippen molar-refractivity contribution in [3.8, 4) is 0 Å². The topological polar surface area (TPSA) is 57.8 Å². The van der Waals surface area contributed by atoms with Crippen molar-refractivity contribution in [3.63, 3.8) is 0 Å². The molecule has 0 saturated carbocycles.